The first-order valence-corrected chi connectivity index (χ1v) is 11.6. The number of amides is 1. The minimum Gasteiger partial charge on any atom is -0.507 e. The molecule has 1 N–H and O–H groups in total. The van der Waals surface area contributed by atoms with E-state index in [0.29, 0.717) is 22.6 Å². The van der Waals surface area contributed by atoms with E-state index in [1.54, 1.807) is 55.5 Å². The van der Waals surface area contributed by atoms with Crippen molar-refractivity contribution in [1.82, 2.24) is 4.98 Å². The van der Waals surface area contributed by atoms with Gasteiger partial charge in [-0.2, -0.15) is 0 Å². The number of nitrogens with zero attached hydrogens (tertiary/aromatic N) is 2. The molecule has 1 atom stereocenters. The fourth-order valence-electron chi connectivity index (χ4n) is 3.72. The van der Waals surface area contributed by atoms with Crippen LogP contribution in [0.1, 0.15) is 32.5 Å². The molecule has 1 amide bonds. The second-order valence-electron chi connectivity index (χ2n) is 7.36. The van der Waals surface area contributed by atoms with Crippen molar-refractivity contribution in [2.45, 2.75) is 13.0 Å². The fraction of sp³-hybridized carbons (Fsp3) is 0.167. The Labute approximate surface area is 207 Å². The van der Waals surface area contributed by atoms with E-state index in [1.165, 1.54) is 19.1 Å². The second kappa shape index (κ2) is 9.40. The van der Waals surface area contributed by atoms with Crippen molar-refractivity contribution in [3.05, 3.63) is 80.3 Å². The highest BCUT2D eigenvalue weighted by Gasteiger charge is 2.48. The Morgan fingerprint density at radius 3 is 2.56 bits per heavy atom. The zero-order chi connectivity index (χ0) is 24.6. The molecule has 174 valence electrons. The van der Waals surface area contributed by atoms with Crippen molar-refractivity contribution in [3.63, 3.8) is 0 Å². The molecular formula is C24H19BrN2O6S. The number of aliphatic hydroxyl groups is 1. The first-order chi connectivity index (χ1) is 16.3. The number of hydrogen-bond acceptors (Lipinski definition) is 8. The first-order valence-electron chi connectivity index (χ1n) is 10.0. The first kappa shape index (κ1) is 23.7. The molecule has 0 spiro atoms. The number of carbonyl (C=O) groups is 3. The second-order valence-corrected chi connectivity index (χ2v) is 9.25. The van der Waals surface area contributed by atoms with Crippen LogP contribution < -0.4 is 9.64 Å². The van der Waals surface area contributed by atoms with Crippen molar-refractivity contribution in [2.75, 3.05) is 19.1 Å². The number of anilines is 1. The summed E-state index contributed by atoms with van der Waals surface area (Å²) in [6.45, 7) is 1.62. The molecule has 1 aliphatic rings. The molecule has 1 fully saturated rings. The Bertz CT molecular complexity index is 1350. The van der Waals surface area contributed by atoms with Crippen LogP contribution in [0, 0.1) is 6.92 Å². The van der Waals surface area contributed by atoms with Crippen molar-refractivity contribution >= 4 is 55.8 Å². The zero-order valence-corrected chi connectivity index (χ0v) is 20.8. The van der Waals surface area contributed by atoms with Gasteiger partial charge in [0.15, 0.2) is 5.13 Å². The molecule has 8 nitrogen and oxygen atoms in total. The summed E-state index contributed by atoms with van der Waals surface area (Å²) < 4.78 is 10.8. The summed E-state index contributed by atoms with van der Waals surface area (Å²) in [4.78, 5) is 44.4. The summed E-state index contributed by atoms with van der Waals surface area (Å²) in [5.74, 6) is -2.17. The van der Waals surface area contributed by atoms with Gasteiger partial charge in [-0.25, -0.2) is 9.78 Å². The van der Waals surface area contributed by atoms with E-state index < -0.39 is 23.7 Å². The Balaban J connectivity index is 1.95. The number of ether oxygens (including phenoxy) is 2. The topological polar surface area (TPSA) is 106 Å². The van der Waals surface area contributed by atoms with Crippen molar-refractivity contribution in [2.24, 2.45) is 0 Å². The van der Waals surface area contributed by atoms with Gasteiger partial charge in [-0.1, -0.05) is 51.5 Å². The van der Waals surface area contributed by atoms with E-state index >= 15 is 0 Å². The van der Waals surface area contributed by atoms with Gasteiger partial charge in [0.2, 0.25) is 0 Å². The van der Waals surface area contributed by atoms with Gasteiger partial charge in [-0.05, 0) is 36.8 Å². The van der Waals surface area contributed by atoms with E-state index in [-0.39, 0.29) is 21.3 Å². The number of thiazole rings is 1. The molecule has 0 bridgehead atoms. The van der Waals surface area contributed by atoms with Gasteiger partial charge < -0.3 is 14.6 Å². The van der Waals surface area contributed by atoms with Gasteiger partial charge in [0.25, 0.3) is 5.78 Å². The monoisotopic (exact) mass is 542 g/mol. The quantitative estimate of drug-likeness (QED) is 0.216. The Hall–Kier alpha value is -3.50. The molecular weight excluding hydrogens is 524 g/mol. The lowest BCUT2D eigenvalue weighted by molar-refractivity contribution is -0.132. The predicted molar refractivity (Wildman–Crippen MR) is 130 cm³/mol. The number of aliphatic hydroxyl groups excluding tert-OH is 1. The molecule has 0 aliphatic carbocycles. The number of carbonyl (C=O) groups excluding carboxylic acids is 3. The standard InChI is InChI=1S/C24H19BrN2O6S/c1-12-21(23(31)33-3)34-24(26-12)27-18(13-6-4-8-15(25)10-13)17(20(29)22(27)30)19(28)14-7-5-9-16(11-14)32-2/h4-11,18,28H,1-3H3/t18-/m0/s1. The molecule has 1 saturated heterocycles. The molecule has 0 unspecified atom stereocenters. The van der Waals surface area contributed by atoms with E-state index in [4.69, 9.17) is 9.47 Å². The zero-order valence-electron chi connectivity index (χ0n) is 18.4. The van der Waals surface area contributed by atoms with Crippen molar-refractivity contribution < 1.29 is 29.0 Å². The number of Topliss-reactive ketones (excluding diaryl/α,β-unsaturated/α-hetero) is 1. The summed E-state index contributed by atoms with van der Waals surface area (Å²) in [7, 11) is 2.74. The average molecular weight is 543 g/mol. The molecule has 2 aromatic carbocycles. The van der Waals surface area contributed by atoms with Crippen LogP contribution >= 0.6 is 27.3 Å². The SMILES string of the molecule is COC(=O)c1sc(N2C(=O)C(=O)C(=C(O)c3cccc(OC)c3)[C@@H]2c2cccc(Br)c2)nc1C. The van der Waals surface area contributed by atoms with Gasteiger partial charge in [-0.15, -0.1) is 0 Å². The number of benzene rings is 2. The lowest BCUT2D eigenvalue weighted by Crippen LogP contribution is -2.29. The van der Waals surface area contributed by atoms with Crippen molar-refractivity contribution in [3.8, 4) is 5.75 Å². The number of aryl methyl sites for hydroxylation is 1. The molecule has 0 saturated carbocycles. The van der Waals surface area contributed by atoms with Crippen LogP contribution in [-0.4, -0.2) is 42.0 Å². The highest BCUT2D eigenvalue weighted by atomic mass is 79.9. The fourth-order valence-corrected chi connectivity index (χ4v) is 5.14. The highest BCUT2D eigenvalue weighted by molar-refractivity contribution is 9.10. The van der Waals surface area contributed by atoms with Gasteiger partial charge in [0, 0.05) is 10.0 Å². The number of ketones is 1. The molecule has 34 heavy (non-hydrogen) atoms. The Kier molecular flexibility index (Phi) is 6.54. The smallest absolute Gasteiger partial charge is 0.350 e. The molecule has 0 radical (unpaired) electrons. The number of aromatic nitrogens is 1. The van der Waals surface area contributed by atoms with Gasteiger partial charge >= 0.3 is 11.9 Å². The molecule has 3 aromatic rings. The van der Waals surface area contributed by atoms with Crippen LogP contribution in [-0.2, 0) is 14.3 Å². The third kappa shape index (κ3) is 4.10. The van der Waals surface area contributed by atoms with E-state index in [9.17, 15) is 19.5 Å². The van der Waals surface area contributed by atoms with Crippen LogP contribution in [0.4, 0.5) is 5.13 Å². The molecule has 1 aromatic heterocycles. The number of rotatable bonds is 5. The number of hydrogen-bond donors (Lipinski definition) is 1. The van der Waals surface area contributed by atoms with Crippen LogP contribution in [0.15, 0.2) is 58.6 Å². The van der Waals surface area contributed by atoms with E-state index in [0.717, 1.165) is 15.8 Å². The summed E-state index contributed by atoms with van der Waals surface area (Å²) in [6.07, 6.45) is 0. The normalized spacial score (nSPS) is 17.2. The number of halogens is 1. The van der Waals surface area contributed by atoms with Crippen LogP contribution in [0.5, 0.6) is 5.75 Å². The lowest BCUT2D eigenvalue weighted by Gasteiger charge is -2.23. The van der Waals surface area contributed by atoms with Crippen LogP contribution in [0.2, 0.25) is 0 Å². The maximum atomic E-state index is 13.2. The van der Waals surface area contributed by atoms with Crippen LogP contribution in [0.3, 0.4) is 0 Å². The van der Waals surface area contributed by atoms with Gasteiger partial charge in [0.1, 0.15) is 16.4 Å². The van der Waals surface area contributed by atoms with Gasteiger partial charge in [0.05, 0.1) is 31.5 Å². The minimum atomic E-state index is -0.972. The maximum absolute atomic E-state index is 13.2. The maximum Gasteiger partial charge on any atom is 0.350 e. The molecule has 10 heteroatoms. The minimum absolute atomic E-state index is 0.0937. The van der Waals surface area contributed by atoms with Gasteiger partial charge in [-0.3, -0.25) is 14.5 Å². The Morgan fingerprint density at radius 2 is 1.88 bits per heavy atom. The molecule has 4 rings (SSSR count). The summed E-state index contributed by atoms with van der Waals surface area (Å²) in [5, 5.41) is 11.3. The highest BCUT2D eigenvalue weighted by Crippen LogP contribution is 2.44. The molecule has 2 heterocycles. The number of esters is 1. The largest absolute Gasteiger partial charge is 0.507 e. The van der Waals surface area contributed by atoms with Crippen molar-refractivity contribution in [1.29, 1.82) is 0 Å². The third-order valence-electron chi connectivity index (χ3n) is 5.31. The molecule has 1 aliphatic heterocycles. The lowest BCUT2D eigenvalue weighted by atomic mass is 9.95. The summed E-state index contributed by atoms with van der Waals surface area (Å²) in [6, 6.07) is 12.7. The summed E-state index contributed by atoms with van der Waals surface area (Å²) >= 11 is 4.37. The predicted octanol–water partition coefficient (Wildman–Crippen LogP) is 4.64. The van der Waals surface area contributed by atoms with E-state index in [1.807, 2.05) is 0 Å². The average Bonchev–Trinajstić information content (AvgIpc) is 3.35. The van der Waals surface area contributed by atoms with Crippen LogP contribution in [0.25, 0.3) is 5.76 Å². The number of methoxy groups -OCH3 is 2. The summed E-state index contributed by atoms with van der Waals surface area (Å²) in [5.41, 5.74) is 1.17. The Morgan fingerprint density at radius 1 is 1.15 bits per heavy atom. The third-order valence-corrected chi connectivity index (χ3v) is 6.94. The van der Waals surface area contributed by atoms with E-state index in [2.05, 4.69) is 20.9 Å².